The van der Waals surface area contributed by atoms with Crippen LogP contribution in [0.5, 0.6) is 0 Å². The number of benzene rings is 1. The summed E-state index contributed by atoms with van der Waals surface area (Å²) >= 11 is 3.32. The summed E-state index contributed by atoms with van der Waals surface area (Å²) in [7, 11) is 1.58. The number of halogens is 1. The van der Waals surface area contributed by atoms with Crippen LogP contribution >= 0.6 is 15.9 Å². The highest BCUT2D eigenvalue weighted by Crippen LogP contribution is 2.16. The van der Waals surface area contributed by atoms with Crippen LogP contribution in [-0.2, 0) is 11.3 Å². The van der Waals surface area contributed by atoms with Crippen molar-refractivity contribution in [2.24, 2.45) is 0 Å². The van der Waals surface area contributed by atoms with Gasteiger partial charge in [-0.15, -0.1) is 0 Å². The summed E-state index contributed by atoms with van der Waals surface area (Å²) < 4.78 is 11.3. The second-order valence-electron chi connectivity index (χ2n) is 3.53. The monoisotopic (exact) mass is 294 g/mol. The molecular weight excluding hydrogens is 284 g/mol. The standard InChI is InChI=1S/C13H11BrO3/c1-16-8-11-6-7-12(17-11)13(15)9-2-4-10(14)5-3-9/h2-7H,8H2,1H3. The lowest BCUT2D eigenvalue weighted by Gasteiger charge is -1.98. The van der Waals surface area contributed by atoms with Gasteiger partial charge in [-0.05, 0) is 36.4 Å². The van der Waals surface area contributed by atoms with Crippen LogP contribution < -0.4 is 0 Å². The van der Waals surface area contributed by atoms with E-state index in [2.05, 4.69) is 15.9 Å². The summed E-state index contributed by atoms with van der Waals surface area (Å²) in [5, 5.41) is 0. The molecule has 1 aromatic heterocycles. The lowest BCUT2D eigenvalue weighted by atomic mass is 10.1. The predicted molar refractivity (Wildman–Crippen MR) is 67.0 cm³/mol. The van der Waals surface area contributed by atoms with Gasteiger partial charge in [0.05, 0.1) is 0 Å². The molecule has 17 heavy (non-hydrogen) atoms. The third-order valence-corrected chi connectivity index (χ3v) is 2.81. The van der Waals surface area contributed by atoms with E-state index in [1.807, 2.05) is 12.1 Å². The lowest BCUT2D eigenvalue weighted by molar-refractivity contribution is 0.1000. The molecule has 0 spiro atoms. The van der Waals surface area contributed by atoms with Gasteiger partial charge in [-0.2, -0.15) is 0 Å². The maximum atomic E-state index is 12.0. The number of hydrogen-bond acceptors (Lipinski definition) is 3. The number of furan rings is 1. The van der Waals surface area contributed by atoms with E-state index in [1.54, 1.807) is 31.4 Å². The van der Waals surface area contributed by atoms with Crippen LogP contribution in [0, 0.1) is 0 Å². The van der Waals surface area contributed by atoms with Gasteiger partial charge < -0.3 is 9.15 Å². The minimum Gasteiger partial charge on any atom is -0.455 e. The van der Waals surface area contributed by atoms with Crippen molar-refractivity contribution >= 4 is 21.7 Å². The molecule has 3 nitrogen and oxygen atoms in total. The van der Waals surface area contributed by atoms with Crippen LogP contribution in [0.4, 0.5) is 0 Å². The van der Waals surface area contributed by atoms with Crippen LogP contribution in [0.2, 0.25) is 0 Å². The molecule has 2 rings (SSSR count). The molecule has 1 aromatic carbocycles. The highest BCUT2D eigenvalue weighted by atomic mass is 79.9. The average molecular weight is 295 g/mol. The van der Waals surface area contributed by atoms with Crippen LogP contribution in [0.25, 0.3) is 0 Å². The second-order valence-corrected chi connectivity index (χ2v) is 4.45. The van der Waals surface area contributed by atoms with Gasteiger partial charge in [0, 0.05) is 17.1 Å². The van der Waals surface area contributed by atoms with E-state index in [4.69, 9.17) is 9.15 Å². The van der Waals surface area contributed by atoms with E-state index in [0.717, 1.165) is 4.47 Å². The predicted octanol–water partition coefficient (Wildman–Crippen LogP) is 3.42. The zero-order valence-electron chi connectivity index (χ0n) is 9.27. The minimum absolute atomic E-state index is 0.125. The van der Waals surface area contributed by atoms with E-state index in [1.165, 1.54) is 0 Å². The Balaban J connectivity index is 2.21. The van der Waals surface area contributed by atoms with E-state index < -0.39 is 0 Å². The van der Waals surface area contributed by atoms with Crippen molar-refractivity contribution in [3.63, 3.8) is 0 Å². The molecule has 0 amide bonds. The summed E-state index contributed by atoms with van der Waals surface area (Å²) in [4.78, 5) is 12.0. The van der Waals surface area contributed by atoms with Crippen LogP contribution in [0.3, 0.4) is 0 Å². The minimum atomic E-state index is -0.125. The molecule has 0 atom stereocenters. The van der Waals surface area contributed by atoms with Gasteiger partial charge in [-0.3, -0.25) is 4.79 Å². The van der Waals surface area contributed by atoms with Crippen LogP contribution in [0.1, 0.15) is 21.9 Å². The Labute approximate surface area is 108 Å². The first-order valence-electron chi connectivity index (χ1n) is 5.08. The number of carbonyl (C=O) groups excluding carboxylic acids is 1. The molecule has 4 heteroatoms. The van der Waals surface area contributed by atoms with E-state index in [0.29, 0.717) is 23.7 Å². The molecule has 0 saturated heterocycles. The number of rotatable bonds is 4. The lowest BCUT2D eigenvalue weighted by Crippen LogP contribution is -1.98. The van der Waals surface area contributed by atoms with E-state index in [-0.39, 0.29) is 5.78 Å². The second kappa shape index (κ2) is 5.29. The van der Waals surface area contributed by atoms with Crippen molar-refractivity contribution in [2.75, 3.05) is 7.11 Å². The largest absolute Gasteiger partial charge is 0.455 e. The highest BCUT2D eigenvalue weighted by Gasteiger charge is 2.13. The Hall–Kier alpha value is -1.39. The molecule has 0 N–H and O–H groups in total. The molecule has 0 radical (unpaired) electrons. The quantitative estimate of drug-likeness (QED) is 0.811. The average Bonchev–Trinajstić information content (AvgIpc) is 2.78. The fraction of sp³-hybridized carbons (Fsp3) is 0.154. The van der Waals surface area contributed by atoms with Gasteiger partial charge in [0.2, 0.25) is 5.78 Å². The van der Waals surface area contributed by atoms with Crippen molar-refractivity contribution in [2.45, 2.75) is 6.61 Å². The third kappa shape index (κ3) is 2.84. The molecule has 0 aliphatic heterocycles. The molecule has 1 heterocycles. The number of ketones is 1. The maximum Gasteiger partial charge on any atom is 0.228 e. The Kier molecular flexibility index (Phi) is 3.76. The fourth-order valence-electron chi connectivity index (χ4n) is 1.46. The molecule has 0 saturated carbocycles. The normalized spacial score (nSPS) is 10.5. The zero-order chi connectivity index (χ0) is 12.3. The van der Waals surface area contributed by atoms with E-state index >= 15 is 0 Å². The molecule has 0 fully saturated rings. The number of hydrogen-bond donors (Lipinski definition) is 0. The first-order chi connectivity index (χ1) is 8.20. The summed E-state index contributed by atoms with van der Waals surface area (Å²) in [5.74, 6) is 0.854. The van der Waals surface area contributed by atoms with Gasteiger partial charge in [0.25, 0.3) is 0 Å². The summed E-state index contributed by atoms with van der Waals surface area (Å²) in [6, 6.07) is 10.6. The van der Waals surface area contributed by atoms with Crippen molar-refractivity contribution in [3.05, 3.63) is 58.0 Å². The molecule has 88 valence electrons. The van der Waals surface area contributed by atoms with Crippen LogP contribution in [0.15, 0.2) is 45.3 Å². The fourth-order valence-corrected chi connectivity index (χ4v) is 1.73. The number of methoxy groups -OCH3 is 1. The van der Waals surface area contributed by atoms with Gasteiger partial charge in [0.15, 0.2) is 5.76 Å². The Bertz CT molecular complexity index is 514. The smallest absolute Gasteiger partial charge is 0.228 e. The molecule has 2 aromatic rings. The van der Waals surface area contributed by atoms with E-state index in [9.17, 15) is 4.79 Å². The summed E-state index contributed by atoms with van der Waals surface area (Å²) in [5.41, 5.74) is 0.603. The topological polar surface area (TPSA) is 39.4 Å². The number of ether oxygens (including phenoxy) is 1. The zero-order valence-corrected chi connectivity index (χ0v) is 10.9. The molecule has 0 bridgehead atoms. The Morgan fingerprint density at radius 1 is 1.24 bits per heavy atom. The third-order valence-electron chi connectivity index (χ3n) is 2.28. The molecule has 0 unspecified atom stereocenters. The van der Waals surface area contributed by atoms with Crippen molar-refractivity contribution in [1.82, 2.24) is 0 Å². The van der Waals surface area contributed by atoms with Gasteiger partial charge in [-0.1, -0.05) is 15.9 Å². The first kappa shape index (κ1) is 12.1. The van der Waals surface area contributed by atoms with Crippen molar-refractivity contribution in [1.29, 1.82) is 0 Å². The van der Waals surface area contributed by atoms with Crippen molar-refractivity contribution < 1.29 is 13.9 Å². The maximum absolute atomic E-state index is 12.0. The Morgan fingerprint density at radius 2 is 1.94 bits per heavy atom. The van der Waals surface area contributed by atoms with Crippen LogP contribution in [-0.4, -0.2) is 12.9 Å². The SMILES string of the molecule is COCc1ccc(C(=O)c2ccc(Br)cc2)o1. The Morgan fingerprint density at radius 3 is 2.59 bits per heavy atom. The first-order valence-corrected chi connectivity index (χ1v) is 5.88. The van der Waals surface area contributed by atoms with Gasteiger partial charge in [-0.25, -0.2) is 0 Å². The molecule has 0 aliphatic carbocycles. The van der Waals surface area contributed by atoms with Gasteiger partial charge >= 0.3 is 0 Å². The van der Waals surface area contributed by atoms with Crippen molar-refractivity contribution in [3.8, 4) is 0 Å². The summed E-state index contributed by atoms with van der Waals surface area (Å²) in [6.45, 7) is 0.369. The summed E-state index contributed by atoms with van der Waals surface area (Å²) in [6.07, 6.45) is 0. The highest BCUT2D eigenvalue weighted by molar-refractivity contribution is 9.10. The molecular formula is C13H11BrO3. The van der Waals surface area contributed by atoms with Gasteiger partial charge in [0.1, 0.15) is 12.4 Å². The molecule has 0 aliphatic rings. The number of carbonyl (C=O) groups is 1.